The second-order valence-electron chi connectivity index (χ2n) is 4.73. The number of benzene rings is 1. The fraction of sp³-hybridized carbons (Fsp3) is 0.286. The first-order chi connectivity index (χ1) is 9.45. The molecule has 1 N–H and O–H groups in total. The minimum Gasteiger partial charge on any atom is -0.480 e. The summed E-state index contributed by atoms with van der Waals surface area (Å²) in [5, 5.41) is 13.2. The number of aromatic nitrogens is 2. The average molecular weight is 338 g/mol. The van der Waals surface area contributed by atoms with Crippen LogP contribution in [-0.4, -0.2) is 39.3 Å². The quantitative estimate of drug-likeness (QED) is 0.910. The van der Waals surface area contributed by atoms with Crippen molar-refractivity contribution in [3.05, 3.63) is 46.2 Å². The lowest BCUT2D eigenvalue weighted by Gasteiger charge is -2.12. The molecule has 6 heteroatoms. The second-order valence-corrected chi connectivity index (χ2v) is 5.64. The third-order valence-corrected chi connectivity index (χ3v) is 3.47. The SMILES string of the molecule is Cc1nn(-c2ccc(Br)cc2)cc1CN(C)CC(=O)O. The van der Waals surface area contributed by atoms with E-state index < -0.39 is 5.97 Å². The number of hydrogen-bond donors (Lipinski definition) is 1. The van der Waals surface area contributed by atoms with Crippen LogP contribution >= 0.6 is 15.9 Å². The topological polar surface area (TPSA) is 58.4 Å². The smallest absolute Gasteiger partial charge is 0.317 e. The Balaban J connectivity index is 2.17. The molecule has 0 saturated carbocycles. The van der Waals surface area contributed by atoms with Gasteiger partial charge in [0.1, 0.15) is 0 Å². The summed E-state index contributed by atoms with van der Waals surface area (Å²) >= 11 is 3.40. The number of likely N-dealkylation sites (N-methyl/N-ethyl adjacent to an activating group) is 1. The fourth-order valence-electron chi connectivity index (χ4n) is 1.95. The van der Waals surface area contributed by atoms with Crippen molar-refractivity contribution >= 4 is 21.9 Å². The number of rotatable bonds is 5. The summed E-state index contributed by atoms with van der Waals surface area (Å²) in [4.78, 5) is 12.4. The van der Waals surface area contributed by atoms with E-state index in [4.69, 9.17) is 5.11 Å². The normalized spacial score (nSPS) is 11.0. The molecule has 0 amide bonds. The summed E-state index contributed by atoms with van der Waals surface area (Å²) in [6.07, 6.45) is 1.94. The number of aliphatic carboxylic acids is 1. The van der Waals surface area contributed by atoms with Crippen molar-refractivity contribution < 1.29 is 9.90 Å². The van der Waals surface area contributed by atoms with Gasteiger partial charge in [-0.3, -0.25) is 9.69 Å². The Hall–Kier alpha value is -1.66. The standard InChI is InChI=1S/C14H16BrN3O2/c1-10-11(7-17(2)9-14(19)20)8-18(16-10)13-5-3-12(15)4-6-13/h3-6,8H,7,9H2,1-2H3,(H,19,20). The van der Waals surface area contributed by atoms with Gasteiger partial charge in [0.25, 0.3) is 0 Å². The van der Waals surface area contributed by atoms with Crippen molar-refractivity contribution in [2.45, 2.75) is 13.5 Å². The minimum absolute atomic E-state index is 0.0168. The van der Waals surface area contributed by atoms with Gasteiger partial charge in [0, 0.05) is 22.8 Å². The van der Waals surface area contributed by atoms with Crippen LogP contribution in [0.5, 0.6) is 0 Å². The zero-order valence-corrected chi connectivity index (χ0v) is 13.0. The van der Waals surface area contributed by atoms with E-state index >= 15 is 0 Å². The van der Waals surface area contributed by atoms with Gasteiger partial charge in [0.05, 0.1) is 17.9 Å². The molecule has 20 heavy (non-hydrogen) atoms. The molecule has 1 heterocycles. The summed E-state index contributed by atoms with van der Waals surface area (Å²) in [5.41, 5.74) is 2.91. The lowest BCUT2D eigenvalue weighted by Crippen LogP contribution is -2.25. The van der Waals surface area contributed by atoms with Crippen LogP contribution in [0.3, 0.4) is 0 Å². The third kappa shape index (κ3) is 3.68. The Labute approximate surface area is 126 Å². The first kappa shape index (κ1) is 14.7. The van der Waals surface area contributed by atoms with Crippen LogP contribution < -0.4 is 0 Å². The highest BCUT2D eigenvalue weighted by Crippen LogP contribution is 2.16. The molecule has 0 aliphatic heterocycles. The van der Waals surface area contributed by atoms with Gasteiger partial charge < -0.3 is 5.11 Å². The van der Waals surface area contributed by atoms with Crippen molar-refractivity contribution in [1.82, 2.24) is 14.7 Å². The van der Waals surface area contributed by atoms with Crippen molar-refractivity contribution in [2.24, 2.45) is 0 Å². The summed E-state index contributed by atoms with van der Waals surface area (Å²) in [7, 11) is 1.78. The molecule has 0 aliphatic carbocycles. The highest BCUT2D eigenvalue weighted by Gasteiger charge is 2.10. The van der Waals surface area contributed by atoms with Gasteiger partial charge in [-0.15, -0.1) is 0 Å². The van der Waals surface area contributed by atoms with Gasteiger partial charge in [0.15, 0.2) is 0 Å². The molecule has 0 unspecified atom stereocenters. The van der Waals surface area contributed by atoms with Gasteiger partial charge in [-0.2, -0.15) is 5.10 Å². The van der Waals surface area contributed by atoms with Crippen LogP contribution in [0.1, 0.15) is 11.3 Å². The number of aryl methyl sites for hydroxylation is 1. The first-order valence-corrected chi connectivity index (χ1v) is 6.96. The summed E-state index contributed by atoms with van der Waals surface area (Å²) < 4.78 is 2.83. The Bertz CT molecular complexity index is 607. The lowest BCUT2D eigenvalue weighted by atomic mass is 10.2. The monoisotopic (exact) mass is 337 g/mol. The van der Waals surface area contributed by atoms with Gasteiger partial charge in [0.2, 0.25) is 0 Å². The summed E-state index contributed by atoms with van der Waals surface area (Å²) in [6.45, 7) is 2.51. The van der Waals surface area contributed by atoms with Gasteiger partial charge in [-0.25, -0.2) is 4.68 Å². The highest BCUT2D eigenvalue weighted by molar-refractivity contribution is 9.10. The van der Waals surface area contributed by atoms with Crippen molar-refractivity contribution in [2.75, 3.05) is 13.6 Å². The van der Waals surface area contributed by atoms with Crippen LogP contribution in [0.4, 0.5) is 0 Å². The van der Waals surface area contributed by atoms with E-state index in [1.54, 1.807) is 11.9 Å². The molecular formula is C14H16BrN3O2. The molecule has 106 valence electrons. The Morgan fingerprint density at radius 1 is 1.40 bits per heavy atom. The third-order valence-electron chi connectivity index (χ3n) is 2.94. The summed E-state index contributed by atoms with van der Waals surface area (Å²) in [5.74, 6) is -0.828. The van der Waals surface area contributed by atoms with E-state index in [0.29, 0.717) is 6.54 Å². The number of nitrogens with zero attached hydrogens (tertiary/aromatic N) is 3. The van der Waals surface area contributed by atoms with Crippen LogP contribution in [-0.2, 0) is 11.3 Å². The van der Waals surface area contributed by atoms with Crippen molar-refractivity contribution in [3.63, 3.8) is 0 Å². The van der Waals surface area contributed by atoms with Crippen molar-refractivity contribution in [3.8, 4) is 5.69 Å². The predicted molar refractivity (Wildman–Crippen MR) is 80.0 cm³/mol. The molecule has 0 spiro atoms. The van der Waals surface area contributed by atoms with Gasteiger partial charge in [-0.05, 0) is 38.2 Å². The lowest BCUT2D eigenvalue weighted by molar-refractivity contribution is -0.138. The maximum Gasteiger partial charge on any atom is 0.317 e. The molecule has 2 rings (SSSR count). The number of hydrogen-bond acceptors (Lipinski definition) is 3. The van der Waals surface area contributed by atoms with Crippen LogP contribution in [0.25, 0.3) is 5.69 Å². The van der Waals surface area contributed by atoms with Crippen LogP contribution in [0, 0.1) is 6.92 Å². The van der Waals surface area contributed by atoms with E-state index in [1.165, 1.54) is 0 Å². The second kappa shape index (κ2) is 6.19. The number of carboxylic acids is 1. The number of halogens is 1. The molecule has 0 bridgehead atoms. The number of carboxylic acid groups (broad SMARTS) is 1. The van der Waals surface area contributed by atoms with Gasteiger partial charge >= 0.3 is 5.97 Å². The largest absolute Gasteiger partial charge is 0.480 e. The van der Waals surface area contributed by atoms with E-state index in [0.717, 1.165) is 21.4 Å². The van der Waals surface area contributed by atoms with E-state index in [9.17, 15) is 4.79 Å². The average Bonchev–Trinajstić information content (AvgIpc) is 2.70. The zero-order chi connectivity index (χ0) is 14.7. The Kier molecular flexibility index (Phi) is 4.57. The maximum absolute atomic E-state index is 10.7. The molecular weight excluding hydrogens is 322 g/mol. The van der Waals surface area contributed by atoms with Crippen LogP contribution in [0.2, 0.25) is 0 Å². The zero-order valence-electron chi connectivity index (χ0n) is 11.4. The van der Waals surface area contributed by atoms with Crippen molar-refractivity contribution in [1.29, 1.82) is 0 Å². The molecule has 5 nitrogen and oxygen atoms in total. The van der Waals surface area contributed by atoms with Gasteiger partial charge in [-0.1, -0.05) is 15.9 Å². The predicted octanol–water partition coefficient (Wildman–Crippen LogP) is 2.46. The first-order valence-electron chi connectivity index (χ1n) is 6.17. The molecule has 2 aromatic rings. The highest BCUT2D eigenvalue weighted by atomic mass is 79.9. The van der Waals surface area contributed by atoms with Crippen LogP contribution in [0.15, 0.2) is 34.9 Å². The molecule has 0 aliphatic rings. The molecule has 0 atom stereocenters. The Morgan fingerprint density at radius 2 is 2.05 bits per heavy atom. The number of carbonyl (C=O) groups is 1. The molecule has 1 aromatic heterocycles. The molecule has 0 radical (unpaired) electrons. The van der Waals surface area contributed by atoms with E-state index in [-0.39, 0.29) is 6.54 Å². The molecule has 0 fully saturated rings. The summed E-state index contributed by atoms with van der Waals surface area (Å²) in [6, 6.07) is 7.87. The van der Waals surface area contributed by atoms with E-state index in [1.807, 2.05) is 42.1 Å². The Morgan fingerprint density at radius 3 is 2.65 bits per heavy atom. The minimum atomic E-state index is -0.828. The fourth-order valence-corrected chi connectivity index (χ4v) is 2.22. The van der Waals surface area contributed by atoms with E-state index in [2.05, 4.69) is 21.0 Å². The maximum atomic E-state index is 10.7. The molecule has 0 saturated heterocycles. The molecule has 1 aromatic carbocycles.